The third kappa shape index (κ3) is 7.07. The van der Waals surface area contributed by atoms with Gasteiger partial charge in [0.2, 0.25) is 5.69 Å². The Morgan fingerprint density at radius 3 is 0.890 bits per heavy atom. The maximum Gasteiger partial charge on any atom is 0.232 e. The van der Waals surface area contributed by atoms with Crippen LogP contribution in [-0.2, 0) is 10.8 Å². The van der Waals surface area contributed by atoms with Crippen molar-refractivity contribution in [3.05, 3.63) is 401 Å². The Kier molecular flexibility index (Phi) is 11.7. The van der Waals surface area contributed by atoms with Crippen LogP contribution in [0.2, 0.25) is 0 Å². The molecule has 0 fully saturated rings. The third-order valence-corrected chi connectivity index (χ3v) is 22.2. The van der Waals surface area contributed by atoms with Crippen molar-refractivity contribution in [1.82, 2.24) is 18.3 Å². The van der Waals surface area contributed by atoms with E-state index in [1.54, 1.807) is 0 Å². The largest absolute Gasteiger partial charge is 0.317 e. The summed E-state index contributed by atoms with van der Waals surface area (Å²) in [5, 5.41) is 21.5. The molecule has 2 aliphatic carbocycles. The number of hydrogen-bond acceptors (Lipinski definition) is 1. The van der Waals surface area contributed by atoms with Crippen molar-refractivity contribution in [3.8, 4) is 51.1 Å². The summed E-state index contributed by atoms with van der Waals surface area (Å²) in [5.41, 5.74) is 23.3. The second kappa shape index (κ2) is 21.0. The summed E-state index contributed by atoms with van der Waals surface area (Å²) in [5.74, 6) is 0. The SMILES string of the molecule is [C-]#[N+]c1c(C#N)c(-n2c3ccccc3c3c4c(ccc32)C(c2ccccc2)(c2ccccc2)c2ccccc2-4)c(-n2c3ccccc3c3ccccc32)c(-n2c3ccccc3c3ccccc32)c1-n1c2ccccc2c2c3c(ccc21)C(c1ccccc1)(c1ccccc1)c1ccccc1-3. The average molecular weight is 1270 g/mol. The third-order valence-electron chi connectivity index (χ3n) is 22.2. The molecule has 6 heteroatoms. The Labute approximate surface area is 576 Å². The second-order valence-electron chi connectivity index (χ2n) is 26.6. The predicted molar refractivity (Wildman–Crippen MR) is 409 cm³/mol. The fraction of sp³-hybridized carbons (Fsp3) is 0.0213. The van der Waals surface area contributed by atoms with Gasteiger partial charge in [-0.3, -0.25) is 0 Å². The van der Waals surface area contributed by atoms with Gasteiger partial charge in [0.15, 0.2) is 0 Å². The fourth-order valence-electron chi connectivity index (χ4n) is 18.5. The minimum Gasteiger partial charge on any atom is -0.317 e. The van der Waals surface area contributed by atoms with Gasteiger partial charge in [-0.05, 0) is 115 Å². The van der Waals surface area contributed by atoms with E-state index in [1.807, 2.05) is 0 Å². The molecule has 4 aromatic heterocycles. The number of benzene rings is 15. The first-order valence-corrected chi connectivity index (χ1v) is 34.2. The highest BCUT2D eigenvalue weighted by molar-refractivity contribution is 6.22. The summed E-state index contributed by atoms with van der Waals surface area (Å²) < 4.78 is 9.56. The van der Waals surface area contributed by atoms with Gasteiger partial charge in [-0.2, -0.15) is 5.26 Å². The van der Waals surface area contributed by atoms with Crippen molar-refractivity contribution in [2.45, 2.75) is 10.8 Å². The summed E-state index contributed by atoms with van der Waals surface area (Å²) >= 11 is 0. The molecule has 2 aliphatic rings. The molecule has 0 atom stereocenters. The molecule has 0 saturated heterocycles. The van der Waals surface area contributed by atoms with Crippen LogP contribution in [0.15, 0.2) is 340 Å². The number of hydrogen-bond donors (Lipinski definition) is 0. The Balaban J connectivity index is 0.995. The van der Waals surface area contributed by atoms with Crippen LogP contribution in [0.3, 0.4) is 0 Å². The Hall–Kier alpha value is -13.5. The van der Waals surface area contributed by atoms with Crippen molar-refractivity contribution in [2.24, 2.45) is 0 Å². The molecule has 4 heterocycles. The molecule has 100 heavy (non-hydrogen) atoms. The molecule has 0 amide bonds. The van der Waals surface area contributed by atoms with Crippen LogP contribution in [0.1, 0.15) is 50.1 Å². The van der Waals surface area contributed by atoms with Gasteiger partial charge >= 0.3 is 0 Å². The predicted octanol–water partition coefficient (Wildman–Crippen LogP) is 23.2. The number of para-hydroxylation sites is 6. The quantitative estimate of drug-likeness (QED) is 0.140. The van der Waals surface area contributed by atoms with Crippen LogP contribution in [0.25, 0.3) is 137 Å². The minimum absolute atomic E-state index is 0.231. The van der Waals surface area contributed by atoms with Gasteiger partial charge in [-0.25, -0.2) is 4.85 Å². The standard InChI is InChI=1S/C94H56N6/c1-96-88-71(58-95)89(99-80-52-28-20-44-69(80)86-82(99)56-54-74-84(86)67-42-14-22-46-72(67)93(74,59-30-6-2-7-31-59)60-32-8-3-9-33-60)91(97-76-48-24-16-38-63(76)64-39-17-25-49-77(64)97)92(98-78-50-26-18-40-65(78)66-41-19-27-51-79(66)98)90(88)100-81-53-29-21-45-70(81)87-83(100)57-55-75-85(87)68-43-15-23-47-73(68)94(75,61-34-10-4-11-35-61)62-36-12-5-13-37-62/h2-57H. The minimum atomic E-state index is -0.685. The normalized spacial score (nSPS) is 13.3. The van der Waals surface area contributed by atoms with E-state index in [1.165, 1.54) is 44.5 Å². The Morgan fingerprint density at radius 2 is 0.540 bits per heavy atom. The molecule has 0 N–H and O–H groups in total. The second-order valence-corrected chi connectivity index (χ2v) is 26.6. The molecule has 462 valence electrons. The van der Waals surface area contributed by atoms with Crippen LogP contribution in [0.5, 0.6) is 0 Å². The van der Waals surface area contributed by atoms with Crippen LogP contribution in [0, 0.1) is 17.9 Å². The number of rotatable bonds is 8. The molecule has 0 spiro atoms. The van der Waals surface area contributed by atoms with Crippen LogP contribution >= 0.6 is 0 Å². The van der Waals surface area contributed by atoms with Crippen molar-refractivity contribution in [2.75, 3.05) is 0 Å². The summed E-state index contributed by atoms with van der Waals surface area (Å²) in [6.45, 7) is 10.1. The first-order valence-electron chi connectivity index (χ1n) is 34.2. The maximum absolute atomic E-state index is 13.0. The Morgan fingerprint density at radius 1 is 0.260 bits per heavy atom. The van der Waals surface area contributed by atoms with Crippen molar-refractivity contribution in [3.63, 3.8) is 0 Å². The molecular formula is C94H56N6. The smallest absolute Gasteiger partial charge is 0.232 e. The average Bonchev–Trinajstić information content (AvgIpc) is 1.51. The molecule has 6 nitrogen and oxygen atoms in total. The van der Waals surface area contributed by atoms with Gasteiger partial charge < -0.3 is 18.3 Å². The topological polar surface area (TPSA) is 47.9 Å². The van der Waals surface area contributed by atoms with E-state index in [0.717, 1.165) is 121 Å². The van der Waals surface area contributed by atoms with E-state index in [-0.39, 0.29) is 11.3 Å². The number of nitrogens with zero attached hydrogens (tertiary/aromatic N) is 6. The molecule has 0 unspecified atom stereocenters. The summed E-state index contributed by atoms with van der Waals surface area (Å²) in [7, 11) is 0. The van der Waals surface area contributed by atoms with Gasteiger partial charge in [0.05, 0.1) is 95.9 Å². The van der Waals surface area contributed by atoms with Crippen LogP contribution in [0.4, 0.5) is 5.69 Å². The zero-order chi connectivity index (χ0) is 66.0. The number of nitriles is 1. The van der Waals surface area contributed by atoms with Crippen molar-refractivity contribution < 1.29 is 0 Å². The summed E-state index contributed by atoms with van der Waals surface area (Å²) in [4.78, 5) is 4.87. The van der Waals surface area contributed by atoms with Gasteiger partial charge in [0.25, 0.3) is 0 Å². The lowest BCUT2D eigenvalue weighted by molar-refractivity contribution is 0.769. The van der Waals surface area contributed by atoms with E-state index >= 15 is 0 Å². The lowest BCUT2D eigenvalue weighted by atomic mass is 9.67. The monoisotopic (exact) mass is 1270 g/mol. The molecule has 0 aliphatic heterocycles. The van der Waals surface area contributed by atoms with E-state index in [2.05, 4.69) is 364 Å². The zero-order valence-corrected chi connectivity index (χ0v) is 54.0. The lowest BCUT2D eigenvalue weighted by Crippen LogP contribution is -2.28. The van der Waals surface area contributed by atoms with E-state index in [4.69, 9.17) is 4.85 Å². The number of aromatic nitrogens is 4. The molecule has 0 saturated carbocycles. The van der Waals surface area contributed by atoms with Gasteiger partial charge in [-0.1, -0.05) is 291 Å². The molecular weight excluding hydrogens is 1210 g/mol. The van der Waals surface area contributed by atoms with Crippen molar-refractivity contribution in [1.29, 1.82) is 5.26 Å². The van der Waals surface area contributed by atoms with Crippen LogP contribution < -0.4 is 0 Å². The number of fused-ring (bicyclic) bond motifs is 20. The molecule has 15 aromatic carbocycles. The Bertz CT molecular complexity index is 6190. The first kappa shape index (κ1) is 55.7. The van der Waals surface area contributed by atoms with E-state index in [9.17, 15) is 11.8 Å². The highest BCUT2D eigenvalue weighted by Crippen LogP contribution is 2.62. The van der Waals surface area contributed by atoms with Crippen LogP contribution in [-0.4, -0.2) is 18.3 Å². The molecule has 21 rings (SSSR count). The van der Waals surface area contributed by atoms with Gasteiger partial charge in [0.1, 0.15) is 0 Å². The maximum atomic E-state index is 13.0. The molecule has 0 radical (unpaired) electrons. The first-order chi connectivity index (χ1) is 49.6. The van der Waals surface area contributed by atoms with Gasteiger partial charge in [-0.15, -0.1) is 0 Å². The summed E-state index contributed by atoms with van der Waals surface area (Å²) in [6.07, 6.45) is 0. The van der Waals surface area contributed by atoms with E-state index < -0.39 is 10.8 Å². The molecule has 0 bridgehead atoms. The summed E-state index contributed by atoms with van der Waals surface area (Å²) in [6, 6.07) is 126. The highest BCUT2D eigenvalue weighted by atomic mass is 15.2. The zero-order valence-electron chi connectivity index (χ0n) is 54.0. The molecule has 19 aromatic rings. The van der Waals surface area contributed by atoms with Crippen molar-refractivity contribution >= 4 is 92.9 Å². The lowest BCUT2D eigenvalue weighted by Gasteiger charge is -2.34. The highest BCUT2D eigenvalue weighted by Gasteiger charge is 2.49. The fourth-order valence-corrected chi connectivity index (χ4v) is 18.5. The van der Waals surface area contributed by atoms with E-state index in [0.29, 0.717) is 11.4 Å². The van der Waals surface area contributed by atoms with Gasteiger partial charge in [0, 0.05) is 43.1 Å².